The monoisotopic (exact) mass is 440 g/mol. The van der Waals surface area contributed by atoms with E-state index in [0.29, 0.717) is 37.9 Å². The molecule has 0 aromatic heterocycles. The Morgan fingerprint density at radius 1 is 0.562 bits per heavy atom. The van der Waals surface area contributed by atoms with Crippen molar-refractivity contribution in [1.29, 1.82) is 0 Å². The SMILES string of the molecule is CC1CCC2(C)C3CCC4[C@@](C)(CCC5(C(C)C)CCC[C@]45C)C3(C)CC[C@@]2(C)C1(C)C. The Balaban J connectivity index is 1.59. The van der Waals surface area contributed by atoms with E-state index in [9.17, 15) is 0 Å². The summed E-state index contributed by atoms with van der Waals surface area (Å²) in [5.74, 6) is 3.56. The summed E-state index contributed by atoms with van der Waals surface area (Å²) in [6.45, 7) is 26.9. The second-order valence-electron chi connectivity index (χ2n) is 16.0. The van der Waals surface area contributed by atoms with Crippen molar-refractivity contribution in [3.8, 4) is 0 Å². The molecular weight excluding hydrogens is 384 g/mol. The molecule has 0 radical (unpaired) electrons. The van der Waals surface area contributed by atoms with E-state index in [2.05, 4.69) is 69.2 Å². The topological polar surface area (TPSA) is 0 Å². The Kier molecular flexibility index (Phi) is 4.90. The van der Waals surface area contributed by atoms with Gasteiger partial charge in [0.15, 0.2) is 0 Å². The van der Waals surface area contributed by atoms with E-state index in [0.717, 1.165) is 23.7 Å². The van der Waals surface area contributed by atoms with Crippen molar-refractivity contribution in [3.63, 3.8) is 0 Å². The first-order valence-electron chi connectivity index (χ1n) is 14.7. The molecule has 0 aromatic carbocycles. The van der Waals surface area contributed by atoms with Gasteiger partial charge in [0.1, 0.15) is 0 Å². The number of fused-ring (bicyclic) bond motifs is 7. The smallest absolute Gasteiger partial charge is 0.0215 e. The van der Waals surface area contributed by atoms with E-state index < -0.39 is 0 Å². The van der Waals surface area contributed by atoms with Gasteiger partial charge in [0.25, 0.3) is 0 Å². The van der Waals surface area contributed by atoms with Gasteiger partial charge in [-0.25, -0.2) is 0 Å². The third-order valence-corrected chi connectivity index (χ3v) is 15.9. The Bertz CT molecular complexity index is 777. The highest BCUT2D eigenvalue weighted by Gasteiger charge is 2.74. The maximum Gasteiger partial charge on any atom is -0.0215 e. The molecule has 5 fully saturated rings. The molecule has 9 atom stereocenters. The van der Waals surface area contributed by atoms with Crippen LogP contribution in [0, 0.1) is 61.6 Å². The van der Waals surface area contributed by atoms with Crippen LogP contribution in [0.2, 0.25) is 0 Å². The first kappa shape index (κ1) is 23.7. The van der Waals surface area contributed by atoms with Crippen LogP contribution in [0.1, 0.15) is 140 Å². The Morgan fingerprint density at radius 3 is 1.72 bits per heavy atom. The van der Waals surface area contributed by atoms with E-state index in [-0.39, 0.29) is 0 Å². The molecule has 0 spiro atoms. The molecule has 0 saturated heterocycles. The summed E-state index contributed by atoms with van der Waals surface area (Å²) in [7, 11) is 0. The molecule has 0 heterocycles. The van der Waals surface area contributed by atoms with Crippen molar-refractivity contribution in [1.82, 2.24) is 0 Å². The van der Waals surface area contributed by atoms with Gasteiger partial charge >= 0.3 is 0 Å². The summed E-state index contributed by atoms with van der Waals surface area (Å²) in [5.41, 5.74) is 3.70. The van der Waals surface area contributed by atoms with Crippen LogP contribution in [0.4, 0.5) is 0 Å². The highest BCUT2D eigenvalue weighted by molar-refractivity contribution is 5.23. The lowest BCUT2D eigenvalue weighted by atomic mass is 9.27. The molecule has 32 heavy (non-hydrogen) atoms. The average molecular weight is 441 g/mol. The molecule has 0 aromatic rings. The summed E-state index contributed by atoms with van der Waals surface area (Å²) < 4.78 is 0. The van der Waals surface area contributed by atoms with Crippen LogP contribution in [0.15, 0.2) is 0 Å². The minimum atomic E-state index is 0.454. The zero-order chi connectivity index (χ0) is 23.6. The molecule has 5 aliphatic rings. The van der Waals surface area contributed by atoms with Gasteiger partial charge in [-0.15, -0.1) is 0 Å². The van der Waals surface area contributed by atoms with Gasteiger partial charge in [-0.2, -0.15) is 0 Å². The molecule has 5 saturated carbocycles. The van der Waals surface area contributed by atoms with Gasteiger partial charge in [0.2, 0.25) is 0 Å². The number of rotatable bonds is 1. The van der Waals surface area contributed by atoms with E-state index in [1.165, 1.54) is 70.6 Å². The Labute approximate surface area is 201 Å². The standard InChI is InChI=1S/C32H56/c1-22(2)32-16-11-15-30(32,9)25-13-12-24-27(6,28(25,7)19-21-32)18-20-31(10)26(4,5)23(3)14-17-29(24,31)8/h22-25H,11-21H2,1-10H3/t23?,24?,25?,27?,28-,29?,30-,31+,32?/m1/s1. The normalized spacial score (nSPS) is 59.2. The number of hydrogen-bond acceptors (Lipinski definition) is 0. The fourth-order valence-corrected chi connectivity index (χ4v) is 12.8. The molecule has 184 valence electrons. The third-order valence-electron chi connectivity index (χ3n) is 15.9. The lowest BCUT2D eigenvalue weighted by Crippen LogP contribution is -2.70. The molecule has 5 rings (SSSR count). The summed E-state index contributed by atoms with van der Waals surface area (Å²) >= 11 is 0. The van der Waals surface area contributed by atoms with Gasteiger partial charge < -0.3 is 0 Å². The molecule has 5 aliphatic carbocycles. The zero-order valence-corrected chi connectivity index (χ0v) is 23.6. The maximum absolute atomic E-state index is 2.82. The number of hydrogen-bond donors (Lipinski definition) is 0. The summed E-state index contributed by atoms with van der Waals surface area (Å²) in [5, 5.41) is 0. The van der Waals surface area contributed by atoms with Crippen molar-refractivity contribution in [2.45, 2.75) is 140 Å². The summed E-state index contributed by atoms with van der Waals surface area (Å²) in [4.78, 5) is 0. The quantitative estimate of drug-likeness (QED) is 0.380. The van der Waals surface area contributed by atoms with Gasteiger partial charge in [-0.1, -0.05) is 75.7 Å². The fourth-order valence-electron chi connectivity index (χ4n) is 12.8. The predicted octanol–water partition coefficient (Wildman–Crippen LogP) is 9.91. The Hall–Kier alpha value is 0. The first-order valence-corrected chi connectivity index (χ1v) is 14.7. The minimum Gasteiger partial charge on any atom is -0.0622 e. The second kappa shape index (κ2) is 6.60. The molecule has 0 bridgehead atoms. The Morgan fingerprint density at radius 2 is 1.12 bits per heavy atom. The lowest BCUT2D eigenvalue weighted by molar-refractivity contribution is -0.285. The highest BCUT2D eigenvalue weighted by Crippen LogP contribution is 2.82. The molecule has 0 nitrogen and oxygen atoms in total. The van der Waals surface area contributed by atoms with Gasteiger partial charge in [-0.3, -0.25) is 0 Å². The van der Waals surface area contributed by atoms with Crippen LogP contribution < -0.4 is 0 Å². The van der Waals surface area contributed by atoms with Gasteiger partial charge in [0.05, 0.1) is 0 Å². The van der Waals surface area contributed by atoms with Crippen LogP contribution in [0.25, 0.3) is 0 Å². The van der Waals surface area contributed by atoms with Crippen molar-refractivity contribution in [2.75, 3.05) is 0 Å². The molecule has 0 amide bonds. The molecule has 0 aliphatic heterocycles. The molecule has 0 heteroatoms. The van der Waals surface area contributed by atoms with Gasteiger partial charge in [-0.05, 0) is 126 Å². The van der Waals surface area contributed by atoms with Crippen LogP contribution in [0.3, 0.4) is 0 Å². The summed E-state index contributed by atoms with van der Waals surface area (Å²) in [6, 6.07) is 0. The van der Waals surface area contributed by atoms with Gasteiger partial charge in [0, 0.05) is 0 Å². The maximum atomic E-state index is 2.82. The van der Waals surface area contributed by atoms with E-state index in [1.54, 1.807) is 0 Å². The van der Waals surface area contributed by atoms with Crippen LogP contribution in [-0.2, 0) is 0 Å². The minimum absolute atomic E-state index is 0.454. The summed E-state index contributed by atoms with van der Waals surface area (Å²) in [6.07, 6.45) is 16.4. The van der Waals surface area contributed by atoms with E-state index >= 15 is 0 Å². The second-order valence-corrected chi connectivity index (χ2v) is 16.0. The van der Waals surface area contributed by atoms with Crippen molar-refractivity contribution in [3.05, 3.63) is 0 Å². The van der Waals surface area contributed by atoms with E-state index in [4.69, 9.17) is 0 Å². The highest BCUT2D eigenvalue weighted by atomic mass is 14.8. The fraction of sp³-hybridized carbons (Fsp3) is 1.00. The van der Waals surface area contributed by atoms with Crippen LogP contribution >= 0.6 is 0 Å². The van der Waals surface area contributed by atoms with Crippen molar-refractivity contribution >= 4 is 0 Å². The molecule has 0 N–H and O–H groups in total. The van der Waals surface area contributed by atoms with Crippen LogP contribution in [0.5, 0.6) is 0 Å². The van der Waals surface area contributed by atoms with Crippen molar-refractivity contribution < 1.29 is 0 Å². The molecule has 6 unspecified atom stereocenters. The molecular formula is C32H56. The lowest BCUT2D eigenvalue weighted by Gasteiger charge is -2.77. The van der Waals surface area contributed by atoms with Crippen molar-refractivity contribution in [2.24, 2.45) is 61.6 Å². The predicted molar refractivity (Wildman–Crippen MR) is 139 cm³/mol. The first-order chi connectivity index (χ1) is 14.7. The third kappa shape index (κ3) is 2.29. The largest absolute Gasteiger partial charge is 0.0622 e. The van der Waals surface area contributed by atoms with Crippen LogP contribution in [-0.4, -0.2) is 0 Å². The zero-order valence-electron chi connectivity index (χ0n) is 23.6. The van der Waals surface area contributed by atoms with E-state index in [1.807, 2.05) is 0 Å². The average Bonchev–Trinajstić information content (AvgIpc) is 3.07.